The van der Waals surface area contributed by atoms with Crippen LogP contribution >= 0.6 is 0 Å². The number of hydrogen-bond donors (Lipinski definition) is 1. The Morgan fingerprint density at radius 2 is 2.09 bits per heavy atom. The first-order valence-corrected chi connectivity index (χ1v) is 4.47. The highest BCUT2D eigenvalue weighted by molar-refractivity contribution is 5.84. The normalized spacial score (nSPS) is 28.9. The van der Waals surface area contributed by atoms with E-state index in [4.69, 9.17) is 0 Å². The maximum Gasteiger partial charge on any atom is 0.225 e. The van der Waals surface area contributed by atoms with Gasteiger partial charge in [-0.25, -0.2) is 0 Å². The van der Waals surface area contributed by atoms with Crippen molar-refractivity contribution >= 4 is 5.91 Å². The Kier molecular flexibility index (Phi) is 4.16. The van der Waals surface area contributed by atoms with E-state index in [1.165, 1.54) is 0 Å². The molecule has 11 heavy (non-hydrogen) atoms. The zero-order valence-corrected chi connectivity index (χ0v) is 8.03. The Labute approximate surface area is 69.4 Å². The van der Waals surface area contributed by atoms with E-state index in [1.54, 1.807) is 0 Å². The van der Waals surface area contributed by atoms with Crippen LogP contribution in [0.1, 0.15) is 40.5 Å². The summed E-state index contributed by atoms with van der Waals surface area (Å²) >= 11 is 0. The zero-order chi connectivity index (χ0) is 8.91. The quantitative estimate of drug-likeness (QED) is 0.619. The largest absolute Gasteiger partial charge is 0.356 e. The standard InChI is InChI=1S/C7H13NO.C2H6/c1-3-7(2)4-5-8-6(7)9;1-2/h3-5H2,1-2H3,(H,8,9);1-2H3. The second-order valence-electron chi connectivity index (χ2n) is 2.92. The van der Waals surface area contributed by atoms with Crippen LogP contribution in [0.4, 0.5) is 0 Å². The maximum atomic E-state index is 11.0. The van der Waals surface area contributed by atoms with Gasteiger partial charge < -0.3 is 5.32 Å². The molecule has 0 aliphatic carbocycles. The highest BCUT2D eigenvalue weighted by atomic mass is 16.2. The summed E-state index contributed by atoms with van der Waals surface area (Å²) in [7, 11) is 0. The summed E-state index contributed by atoms with van der Waals surface area (Å²) < 4.78 is 0. The summed E-state index contributed by atoms with van der Waals surface area (Å²) in [6.07, 6.45) is 1.96. The van der Waals surface area contributed by atoms with Crippen molar-refractivity contribution in [2.24, 2.45) is 5.41 Å². The van der Waals surface area contributed by atoms with Crippen molar-refractivity contribution in [2.75, 3.05) is 6.54 Å². The van der Waals surface area contributed by atoms with Crippen LogP contribution in [-0.2, 0) is 4.79 Å². The maximum absolute atomic E-state index is 11.0. The van der Waals surface area contributed by atoms with Crippen LogP contribution in [0.5, 0.6) is 0 Å². The van der Waals surface area contributed by atoms with Gasteiger partial charge in [-0.2, -0.15) is 0 Å². The number of carbonyl (C=O) groups is 1. The van der Waals surface area contributed by atoms with Crippen molar-refractivity contribution in [1.82, 2.24) is 5.32 Å². The lowest BCUT2D eigenvalue weighted by molar-refractivity contribution is -0.126. The van der Waals surface area contributed by atoms with Gasteiger partial charge in [0.1, 0.15) is 0 Å². The van der Waals surface area contributed by atoms with E-state index in [1.807, 2.05) is 20.8 Å². The molecular formula is C9H19NO. The molecule has 0 radical (unpaired) electrons. The Morgan fingerprint density at radius 1 is 1.55 bits per heavy atom. The predicted octanol–water partition coefficient (Wildman–Crippen LogP) is 1.95. The molecule has 0 saturated carbocycles. The van der Waals surface area contributed by atoms with Crippen molar-refractivity contribution in [2.45, 2.75) is 40.5 Å². The van der Waals surface area contributed by atoms with Gasteiger partial charge in [-0.1, -0.05) is 27.7 Å². The molecule has 1 atom stereocenters. The van der Waals surface area contributed by atoms with Gasteiger partial charge in [0, 0.05) is 12.0 Å². The topological polar surface area (TPSA) is 29.1 Å². The molecule has 2 nitrogen and oxygen atoms in total. The molecule has 0 aromatic rings. The third kappa shape index (κ3) is 2.21. The fraction of sp³-hybridized carbons (Fsp3) is 0.889. The van der Waals surface area contributed by atoms with Crippen molar-refractivity contribution in [1.29, 1.82) is 0 Å². The molecule has 66 valence electrons. The second kappa shape index (κ2) is 4.37. The Balaban J connectivity index is 0.000000461. The summed E-state index contributed by atoms with van der Waals surface area (Å²) in [4.78, 5) is 11.0. The molecule has 1 N–H and O–H groups in total. The first-order valence-electron chi connectivity index (χ1n) is 4.47. The molecule has 1 heterocycles. The average Bonchev–Trinajstić information content (AvgIpc) is 2.38. The highest BCUT2D eigenvalue weighted by Crippen LogP contribution is 2.28. The van der Waals surface area contributed by atoms with Gasteiger partial charge >= 0.3 is 0 Å². The monoisotopic (exact) mass is 157 g/mol. The molecule has 1 fully saturated rings. The van der Waals surface area contributed by atoms with E-state index in [2.05, 4.69) is 12.2 Å². The van der Waals surface area contributed by atoms with E-state index < -0.39 is 0 Å². The molecule has 0 aromatic carbocycles. The Morgan fingerprint density at radius 3 is 2.27 bits per heavy atom. The lowest BCUT2D eigenvalue weighted by Crippen LogP contribution is -2.27. The van der Waals surface area contributed by atoms with Crippen molar-refractivity contribution in [3.05, 3.63) is 0 Å². The van der Waals surface area contributed by atoms with Gasteiger partial charge in [-0.3, -0.25) is 4.79 Å². The van der Waals surface area contributed by atoms with Gasteiger partial charge in [-0.05, 0) is 12.8 Å². The van der Waals surface area contributed by atoms with Crippen LogP contribution in [0.25, 0.3) is 0 Å². The third-order valence-electron chi connectivity index (χ3n) is 2.29. The van der Waals surface area contributed by atoms with Crippen LogP contribution in [0.15, 0.2) is 0 Å². The van der Waals surface area contributed by atoms with Crippen molar-refractivity contribution in [3.63, 3.8) is 0 Å². The number of hydrogen-bond acceptors (Lipinski definition) is 1. The predicted molar refractivity (Wildman–Crippen MR) is 47.4 cm³/mol. The van der Waals surface area contributed by atoms with E-state index in [0.29, 0.717) is 0 Å². The summed E-state index contributed by atoms with van der Waals surface area (Å²) in [5, 5.41) is 2.82. The van der Waals surface area contributed by atoms with Crippen LogP contribution in [0.2, 0.25) is 0 Å². The van der Waals surface area contributed by atoms with Gasteiger partial charge in [0.15, 0.2) is 0 Å². The van der Waals surface area contributed by atoms with Gasteiger partial charge in [0.25, 0.3) is 0 Å². The Bertz CT molecular complexity index is 134. The van der Waals surface area contributed by atoms with Gasteiger partial charge in [0.05, 0.1) is 0 Å². The summed E-state index contributed by atoms with van der Waals surface area (Å²) in [5.41, 5.74) is -0.0556. The fourth-order valence-corrected chi connectivity index (χ4v) is 1.12. The lowest BCUT2D eigenvalue weighted by atomic mass is 9.86. The summed E-state index contributed by atoms with van der Waals surface area (Å²) in [5.74, 6) is 0.227. The molecule has 1 aliphatic heterocycles. The zero-order valence-electron chi connectivity index (χ0n) is 8.03. The van der Waals surface area contributed by atoms with Crippen LogP contribution in [0, 0.1) is 5.41 Å². The van der Waals surface area contributed by atoms with Gasteiger partial charge in [-0.15, -0.1) is 0 Å². The number of carbonyl (C=O) groups excluding carboxylic acids is 1. The number of amides is 1. The van der Waals surface area contributed by atoms with E-state index >= 15 is 0 Å². The molecule has 1 unspecified atom stereocenters. The van der Waals surface area contributed by atoms with Crippen LogP contribution in [-0.4, -0.2) is 12.5 Å². The SMILES string of the molecule is CC.CCC1(C)CCNC1=O. The molecular weight excluding hydrogens is 138 g/mol. The first-order chi connectivity index (χ1) is 5.19. The second-order valence-corrected chi connectivity index (χ2v) is 2.92. The molecule has 1 aliphatic rings. The molecule has 2 heteroatoms. The number of rotatable bonds is 1. The molecule has 0 aromatic heterocycles. The molecule has 1 rings (SSSR count). The minimum Gasteiger partial charge on any atom is -0.356 e. The van der Waals surface area contributed by atoms with Crippen LogP contribution in [0.3, 0.4) is 0 Å². The van der Waals surface area contributed by atoms with E-state index in [-0.39, 0.29) is 11.3 Å². The summed E-state index contributed by atoms with van der Waals surface area (Å²) in [6, 6.07) is 0. The highest BCUT2D eigenvalue weighted by Gasteiger charge is 2.35. The lowest BCUT2D eigenvalue weighted by Gasteiger charge is -2.16. The van der Waals surface area contributed by atoms with Crippen molar-refractivity contribution < 1.29 is 4.79 Å². The van der Waals surface area contributed by atoms with Crippen molar-refractivity contribution in [3.8, 4) is 0 Å². The molecule has 1 saturated heterocycles. The van der Waals surface area contributed by atoms with Crippen LogP contribution < -0.4 is 5.32 Å². The minimum absolute atomic E-state index is 0.0556. The van der Waals surface area contributed by atoms with E-state index in [9.17, 15) is 4.79 Å². The minimum atomic E-state index is -0.0556. The molecule has 1 amide bonds. The van der Waals surface area contributed by atoms with Gasteiger partial charge in [0.2, 0.25) is 5.91 Å². The number of nitrogens with one attached hydrogen (secondary N) is 1. The smallest absolute Gasteiger partial charge is 0.225 e. The van der Waals surface area contributed by atoms with E-state index in [0.717, 1.165) is 19.4 Å². The summed E-state index contributed by atoms with van der Waals surface area (Å²) in [6.45, 7) is 8.95. The molecule has 0 bridgehead atoms. The third-order valence-corrected chi connectivity index (χ3v) is 2.29. The average molecular weight is 157 g/mol. The Hall–Kier alpha value is -0.530. The first kappa shape index (κ1) is 10.5. The molecule has 0 spiro atoms. The fourth-order valence-electron chi connectivity index (χ4n) is 1.12.